The maximum Gasteiger partial charge on any atom is 0.460 e. The normalized spacial score (nSPS) is 16.3. The van der Waals surface area contributed by atoms with Crippen molar-refractivity contribution in [3.8, 4) is 0 Å². The highest BCUT2D eigenvalue weighted by Gasteiger charge is 2.92. The molecule has 0 aromatic carbocycles. The number of aromatic nitrogens is 2. The van der Waals surface area contributed by atoms with E-state index in [0.717, 1.165) is 0 Å². The van der Waals surface area contributed by atoms with Gasteiger partial charge in [0, 0.05) is 0 Å². The zero-order valence-corrected chi connectivity index (χ0v) is 20.6. The van der Waals surface area contributed by atoms with Gasteiger partial charge in [0.2, 0.25) is 6.33 Å². The molecule has 1 rings (SSSR count). The Labute approximate surface area is 234 Å². The van der Waals surface area contributed by atoms with Crippen LogP contribution >= 0.6 is 0 Å². The zero-order valence-electron chi connectivity index (χ0n) is 20.6. The maximum atomic E-state index is 13.9. The van der Waals surface area contributed by atoms with Crippen LogP contribution in [0.4, 0.5) is 114 Å². The molecule has 0 amide bonds. The fraction of sp³-hybridized carbons (Fsp3) is 0.833. The minimum atomic E-state index is -8.29. The van der Waals surface area contributed by atoms with Crippen molar-refractivity contribution < 1.29 is 119 Å². The summed E-state index contributed by atoms with van der Waals surface area (Å²) in [7, 11) is 0. The SMILES string of the molecule is FC(F)(F)C(F)(F)C(F)(F)C(F)(F)C(F)(F)C(F)(F)CCn1cc[n+](CC(F)(F)C(F)(F)C(F)(F)C(F)(F)C(F)(F)C(F)(F)F)c1. The molecule has 0 bridgehead atoms. The van der Waals surface area contributed by atoms with Gasteiger partial charge in [-0.15, -0.1) is 0 Å². The minimum Gasteiger partial charge on any atom is -0.237 e. The summed E-state index contributed by atoms with van der Waals surface area (Å²) in [5.74, 6) is -78.3. The van der Waals surface area contributed by atoms with Gasteiger partial charge < -0.3 is 0 Å². The Hall–Kier alpha value is -2.61. The van der Waals surface area contributed by atoms with Gasteiger partial charge >= 0.3 is 71.6 Å². The van der Waals surface area contributed by atoms with E-state index in [2.05, 4.69) is 0 Å². The van der Waals surface area contributed by atoms with Crippen LogP contribution in [0.2, 0.25) is 0 Å². The highest BCUT2D eigenvalue weighted by Crippen LogP contribution is 2.62. The molecule has 0 radical (unpaired) electrons. The number of halogens is 26. The van der Waals surface area contributed by atoms with Crippen molar-refractivity contribution in [2.75, 3.05) is 0 Å². The van der Waals surface area contributed by atoms with Crippen LogP contribution in [0.3, 0.4) is 0 Å². The number of rotatable bonds is 13. The third-order valence-electron chi connectivity index (χ3n) is 5.81. The molecule has 0 spiro atoms. The number of nitrogens with zero attached hydrogens (tertiary/aromatic N) is 2. The van der Waals surface area contributed by atoms with E-state index in [1.165, 1.54) is 0 Å². The van der Waals surface area contributed by atoms with Crippen LogP contribution < -0.4 is 4.57 Å². The summed E-state index contributed by atoms with van der Waals surface area (Å²) in [6.07, 6.45) is -19.1. The van der Waals surface area contributed by atoms with E-state index in [1.807, 2.05) is 0 Å². The lowest BCUT2D eigenvalue weighted by atomic mass is 9.92. The summed E-state index contributed by atoms with van der Waals surface area (Å²) in [5, 5.41) is 0. The Balaban J connectivity index is 3.31. The van der Waals surface area contributed by atoms with E-state index < -0.39 is 95.7 Å². The predicted octanol–water partition coefficient (Wildman–Crippen LogP) is 8.64. The van der Waals surface area contributed by atoms with Crippen molar-refractivity contribution in [3.05, 3.63) is 18.7 Å². The van der Waals surface area contributed by atoms with Gasteiger partial charge in [0.1, 0.15) is 12.4 Å². The average molecular weight is 747 g/mol. The Bertz CT molecular complexity index is 1220. The fourth-order valence-corrected chi connectivity index (χ4v) is 3.02. The van der Waals surface area contributed by atoms with Crippen LogP contribution in [-0.2, 0) is 13.1 Å². The van der Waals surface area contributed by atoms with E-state index >= 15 is 0 Å². The molecular weight excluding hydrogens is 738 g/mol. The van der Waals surface area contributed by atoms with Gasteiger partial charge in [0.05, 0.1) is 13.0 Å². The highest BCUT2D eigenvalue weighted by molar-refractivity contribution is 5.11. The molecule has 0 fully saturated rings. The largest absolute Gasteiger partial charge is 0.460 e. The second-order valence-electron chi connectivity index (χ2n) is 9.07. The number of aryl methyl sites for hydroxylation is 1. The summed E-state index contributed by atoms with van der Waals surface area (Å²) in [5.41, 5.74) is 0. The third-order valence-corrected chi connectivity index (χ3v) is 5.81. The number of hydrogen-bond acceptors (Lipinski definition) is 0. The Kier molecular flexibility index (Phi) is 9.87. The van der Waals surface area contributed by atoms with Gasteiger partial charge in [0.25, 0.3) is 0 Å². The first-order valence-electron chi connectivity index (χ1n) is 10.6. The fourth-order valence-electron chi connectivity index (χ4n) is 3.02. The maximum absolute atomic E-state index is 13.9. The molecule has 46 heavy (non-hydrogen) atoms. The molecular formula is C18H9F26N2+. The molecule has 272 valence electrons. The lowest BCUT2D eigenvalue weighted by Gasteiger charge is -2.39. The molecule has 0 unspecified atom stereocenters. The monoisotopic (exact) mass is 747 g/mol. The Morgan fingerprint density at radius 3 is 1.02 bits per heavy atom. The van der Waals surface area contributed by atoms with E-state index in [-0.39, 0.29) is 23.3 Å². The van der Waals surface area contributed by atoms with Crippen molar-refractivity contribution in [2.24, 2.45) is 0 Å². The van der Waals surface area contributed by atoms with Gasteiger partial charge in [-0.2, -0.15) is 114 Å². The smallest absolute Gasteiger partial charge is 0.237 e. The molecule has 0 aliphatic carbocycles. The summed E-state index contributed by atoms with van der Waals surface area (Å²) in [6.45, 7) is -5.28. The first kappa shape index (κ1) is 41.4. The van der Waals surface area contributed by atoms with Gasteiger partial charge in [0.15, 0.2) is 6.54 Å². The lowest BCUT2D eigenvalue weighted by Crippen LogP contribution is -2.71. The molecule has 1 aromatic heterocycles. The summed E-state index contributed by atoms with van der Waals surface area (Å²) < 4.78 is 340. The number of imidazole rings is 1. The summed E-state index contributed by atoms with van der Waals surface area (Å²) in [4.78, 5) is 0. The third kappa shape index (κ3) is 5.85. The average Bonchev–Trinajstić information content (AvgIpc) is 3.26. The van der Waals surface area contributed by atoms with Crippen LogP contribution in [-0.4, -0.2) is 76.1 Å². The highest BCUT2D eigenvalue weighted by atomic mass is 19.4. The Morgan fingerprint density at radius 1 is 0.391 bits per heavy atom. The molecule has 0 aliphatic heterocycles. The zero-order chi connectivity index (χ0) is 37.4. The Morgan fingerprint density at radius 2 is 0.696 bits per heavy atom. The topological polar surface area (TPSA) is 8.81 Å². The quantitative estimate of drug-likeness (QED) is 0.141. The number of hydrogen-bond donors (Lipinski definition) is 0. The van der Waals surface area contributed by atoms with Crippen LogP contribution in [0.5, 0.6) is 0 Å². The molecule has 0 N–H and O–H groups in total. The van der Waals surface area contributed by atoms with E-state index in [9.17, 15) is 114 Å². The molecule has 2 nitrogen and oxygen atoms in total. The van der Waals surface area contributed by atoms with Gasteiger partial charge in [-0.3, -0.25) is 0 Å². The first-order chi connectivity index (χ1) is 19.7. The van der Waals surface area contributed by atoms with Crippen molar-refractivity contribution in [1.82, 2.24) is 4.57 Å². The molecule has 1 aromatic rings. The standard InChI is InChI=1S/C18H9F26N2/c19-7(20,9(23,24)11(27,28)13(31,32)15(35,36)17(39,40)41)1-2-45-3-4-46(6-45)5-8(21,22)10(25,26)12(29,30)14(33,34)16(37,38)18(42,43)44/h3-4,6H,1-2,5H2/q+1. The van der Waals surface area contributed by atoms with Crippen molar-refractivity contribution in [1.29, 1.82) is 0 Å². The lowest BCUT2D eigenvalue weighted by molar-refractivity contribution is -0.719. The molecule has 28 heteroatoms. The van der Waals surface area contributed by atoms with Crippen molar-refractivity contribution >= 4 is 0 Å². The van der Waals surface area contributed by atoms with Crippen LogP contribution in [0.15, 0.2) is 18.7 Å². The van der Waals surface area contributed by atoms with E-state index in [0.29, 0.717) is 0 Å². The number of alkyl halides is 26. The van der Waals surface area contributed by atoms with Crippen LogP contribution in [0, 0.1) is 0 Å². The van der Waals surface area contributed by atoms with E-state index in [1.54, 1.807) is 0 Å². The van der Waals surface area contributed by atoms with Gasteiger partial charge in [-0.05, 0) is 0 Å². The van der Waals surface area contributed by atoms with Crippen LogP contribution in [0.1, 0.15) is 6.42 Å². The minimum absolute atomic E-state index is 0.0580. The second-order valence-corrected chi connectivity index (χ2v) is 9.07. The molecule has 1 heterocycles. The molecule has 0 atom stereocenters. The molecule has 0 saturated heterocycles. The molecule has 0 aliphatic rings. The first-order valence-corrected chi connectivity index (χ1v) is 10.6. The van der Waals surface area contributed by atoms with Crippen molar-refractivity contribution in [3.63, 3.8) is 0 Å². The second kappa shape index (κ2) is 11.0. The van der Waals surface area contributed by atoms with Gasteiger partial charge in [-0.1, -0.05) is 0 Å². The van der Waals surface area contributed by atoms with Crippen molar-refractivity contribution in [2.45, 2.75) is 91.1 Å². The van der Waals surface area contributed by atoms with Gasteiger partial charge in [-0.25, -0.2) is 9.13 Å². The molecule has 0 saturated carbocycles. The predicted molar refractivity (Wildman–Crippen MR) is 90.8 cm³/mol. The van der Waals surface area contributed by atoms with E-state index in [4.69, 9.17) is 0 Å². The summed E-state index contributed by atoms with van der Waals surface area (Å²) in [6, 6.07) is 0. The van der Waals surface area contributed by atoms with Crippen LogP contribution in [0.25, 0.3) is 0 Å². The summed E-state index contributed by atoms with van der Waals surface area (Å²) >= 11 is 0.